The fraction of sp³-hybridized carbons (Fsp3) is 0.500. The summed E-state index contributed by atoms with van der Waals surface area (Å²) in [6.45, 7) is 1.89. The van der Waals surface area contributed by atoms with Crippen molar-refractivity contribution in [2.24, 2.45) is 5.92 Å². The van der Waals surface area contributed by atoms with E-state index in [1.165, 1.54) is 0 Å². The topological polar surface area (TPSA) is 91.3 Å². The van der Waals surface area contributed by atoms with Gasteiger partial charge in [-0.05, 0) is 31.4 Å². The van der Waals surface area contributed by atoms with E-state index in [1.54, 1.807) is 12.4 Å². The minimum absolute atomic E-state index is 0.306. The van der Waals surface area contributed by atoms with E-state index in [0.717, 1.165) is 18.4 Å². The molecule has 2 amide bonds. The second-order valence-corrected chi connectivity index (χ2v) is 5.19. The molecule has 0 aliphatic heterocycles. The van der Waals surface area contributed by atoms with Crippen LogP contribution in [0.15, 0.2) is 18.5 Å². The molecule has 0 saturated heterocycles. The van der Waals surface area contributed by atoms with Crippen LogP contribution in [0.4, 0.5) is 10.5 Å². The monoisotopic (exact) mass is 277 g/mol. The lowest BCUT2D eigenvalue weighted by Crippen LogP contribution is -2.46. The zero-order valence-corrected chi connectivity index (χ0v) is 11.4. The van der Waals surface area contributed by atoms with Gasteiger partial charge in [-0.3, -0.25) is 9.78 Å². The number of aryl methyl sites for hydroxylation is 1. The van der Waals surface area contributed by atoms with Gasteiger partial charge in [0, 0.05) is 12.2 Å². The molecule has 1 aromatic rings. The van der Waals surface area contributed by atoms with E-state index in [4.69, 9.17) is 5.11 Å². The van der Waals surface area contributed by atoms with Crippen molar-refractivity contribution in [1.82, 2.24) is 10.3 Å². The Hall–Kier alpha value is -2.11. The second kappa shape index (κ2) is 6.36. The van der Waals surface area contributed by atoms with Crippen LogP contribution in [-0.2, 0) is 4.79 Å². The van der Waals surface area contributed by atoms with Crippen molar-refractivity contribution >= 4 is 17.7 Å². The van der Waals surface area contributed by atoms with Gasteiger partial charge in [0.05, 0.1) is 17.8 Å². The average Bonchev–Trinajstić information content (AvgIpc) is 2.38. The molecule has 1 aromatic heterocycles. The summed E-state index contributed by atoms with van der Waals surface area (Å²) >= 11 is 0. The van der Waals surface area contributed by atoms with Crippen LogP contribution in [0.3, 0.4) is 0 Å². The third-order valence-electron chi connectivity index (χ3n) is 3.53. The minimum atomic E-state index is -0.841. The van der Waals surface area contributed by atoms with Crippen molar-refractivity contribution in [3.63, 3.8) is 0 Å². The smallest absolute Gasteiger partial charge is 0.319 e. The van der Waals surface area contributed by atoms with Crippen molar-refractivity contribution in [2.45, 2.75) is 38.6 Å². The van der Waals surface area contributed by atoms with Crippen LogP contribution in [0.1, 0.15) is 31.2 Å². The fourth-order valence-electron chi connectivity index (χ4n) is 2.56. The Labute approximate surface area is 117 Å². The first-order chi connectivity index (χ1) is 9.56. The molecular formula is C14H19N3O3. The molecule has 2 atom stereocenters. The van der Waals surface area contributed by atoms with Crippen molar-refractivity contribution in [2.75, 3.05) is 5.32 Å². The predicted octanol–water partition coefficient (Wildman–Crippen LogP) is 2.15. The van der Waals surface area contributed by atoms with Crippen LogP contribution in [0, 0.1) is 12.8 Å². The quantitative estimate of drug-likeness (QED) is 0.789. The first-order valence-corrected chi connectivity index (χ1v) is 6.78. The number of pyridine rings is 1. The van der Waals surface area contributed by atoms with Gasteiger partial charge in [-0.1, -0.05) is 12.8 Å². The molecule has 1 saturated carbocycles. The largest absolute Gasteiger partial charge is 0.481 e. The Morgan fingerprint density at radius 3 is 2.75 bits per heavy atom. The van der Waals surface area contributed by atoms with Gasteiger partial charge in [0.25, 0.3) is 0 Å². The number of carboxylic acid groups (broad SMARTS) is 1. The molecule has 2 unspecified atom stereocenters. The van der Waals surface area contributed by atoms with Gasteiger partial charge in [-0.25, -0.2) is 4.79 Å². The number of hydrogen-bond acceptors (Lipinski definition) is 3. The summed E-state index contributed by atoms with van der Waals surface area (Å²) in [5.74, 6) is -1.34. The number of aromatic nitrogens is 1. The first kappa shape index (κ1) is 14.3. The normalized spacial score (nSPS) is 22.1. The fourth-order valence-corrected chi connectivity index (χ4v) is 2.56. The molecule has 6 heteroatoms. The van der Waals surface area contributed by atoms with Gasteiger partial charge in [0.15, 0.2) is 0 Å². The number of hydrogen-bond donors (Lipinski definition) is 3. The predicted molar refractivity (Wildman–Crippen MR) is 74.5 cm³/mol. The van der Waals surface area contributed by atoms with Crippen molar-refractivity contribution in [1.29, 1.82) is 0 Å². The number of urea groups is 1. The van der Waals surface area contributed by atoms with Crippen molar-refractivity contribution in [3.05, 3.63) is 24.0 Å². The zero-order valence-electron chi connectivity index (χ0n) is 11.4. The molecule has 1 heterocycles. The van der Waals surface area contributed by atoms with Crippen LogP contribution >= 0.6 is 0 Å². The lowest BCUT2D eigenvalue weighted by molar-refractivity contribution is -0.143. The molecule has 0 aromatic carbocycles. The van der Waals surface area contributed by atoms with Gasteiger partial charge >= 0.3 is 12.0 Å². The highest BCUT2D eigenvalue weighted by atomic mass is 16.4. The van der Waals surface area contributed by atoms with Gasteiger partial charge < -0.3 is 15.7 Å². The summed E-state index contributed by atoms with van der Waals surface area (Å²) < 4.78 is 0. The molecule has 20 heavy (non-hydrogen) atoms. The number of anilines is 1. The van der Waals surface area contributed by atoms with Crippen LogP contribution in [0.5, 0.6) is 0 Å². The maximum Gasteiger partial charge on any atom is 0.319 e. The number of nitrogens with zero attached hydrogens (tertiary/aromatic N) is 1. The molecule has 2 rings (SSSR count). The van der Waals surface area contributed by atoms with Crippen LogP contribution < -0.4 is 10.6 Å². The summed E-state index contributed by atoms with van der Waals surface area (Å²) in [6, 6.07) is 1.12. The molecule has 108 valence electrons. The number of amides is 2. The molecule has 0 radical (unpaired) electrons. The molecule has 3 N–H and O–H groups in total. The SMILES string of the molecule is Cc1cncc(NC(=O)NC2CCCCC2C(=O)O)c1. The highest BCUT2D eigenvalue weighted by Gasteiger charge is 2.31. The molecule has 6 nitrogen and oxygen atoms in total. The number of rotatable bonds is 3. The van der Waals surface area contributed by atoms with E-state index in [-0.39, 0.29) is 12.1 Å². The Morgan fingerprint density at radius 2 is 2.05 bits per heavy atom. The highest BCUT2D eigenvalue weighted by molar-refractivity contribution is 5.89. The molecule has 0 bridgehead atoms. The van der Waals surface area contributed by atoms with E-state index in [0.29, 0.717) is 18.5 Å². The lowest BCUT2D eigenvalue weighted by atomic mass is 9.84. The first-order valence-electron chi connectivity index (χ1n) is 6.78. The molecule has 1 aliphatic rings. The number of carbonyl (C=O) groups is 2. The third kappa shape index (κ3) is 3.69. The highest BCUT2D eigenvalue weighted by Crippen LogP contribution is 2.24. The number of carbonyl (C=O) groups excluding carboxylic acids is 1. The Morgan fingerprint density at radius 1 is 1.30 bits per heavy atom. The van der Waals surface area contributed by atoms with Crippen LogP contribution in [0.2, 0.25) is 0 Å². The van der Waals surface area contributed by atoms with Gasteiger partial charge in [-0.15, -0.1) is 0 Å². The number of nitrogens with one attached hydrogen (secondary N) is 2. The van der Waals surface area contributed by atoms with Crippen LogP contribution in [0.25, 0.3) is 0 Å². The lowest BCUT2D eigenvalue weighted by Gasteiger charge is -2.29. The third-order valence-corrected chi connectivity index (χ3v) is 3.53. The Bertz CT molecular complexity index is 504. The molecule has 1 fully saturated rings. The number of aliphatic carboxylic acids is 1. The van der Waals surface area contributed by atoms with Crippen molar-refractivity contribution in [3.8, 4) is 0 Å². The Kier molecular flexibility index (Phi) is 4.55. The van der Waals surface area contributed by atoms with Gasteiger partial charge in [0.1, 0.15) is 0 Å². The maximum absolute atomic E-state index is 11.9. The van der Waals surface area contributed by atoms with E-state index < -0.39 is 11.9 Å². The summed E-state index contributed by atoms with van der Waals surface area (Å²) in [6.07, 6.45) is 6.43. The molecular weight excluding hydrogens is 258 g/mol. The minimum Gasteiger partial charge on any atom is -0.481 e. The summed E-state index contributed by atoms with van der Waals surface area (Å²) in [5, 5.41) is 14.6. The van der Waals surface area contributed by atoms with Gasteiger partial charge in [-0.2, -0.15) is 0 Å². The van der Waals surface area contributed by atoms with Crippen LogP contribution in [-0.4, -0.2) is 28.1 Å². The summed E-state index contributed by atoms with van der Waals surface area (Å²) in [5.41, 5.74) is 1.55. The molecule has 0 spiro atoms. The van der Waals surface area contributed by atoms with Crippen molar-refractivity contribution < 1.29 is 14.7 Å². The second-order valence-electron chi connectivity index (χ2n) is 5.19. The standard InChI is InChI=1S/C14H19N3O3/c1-9-6-10(8-15-7-9)16-14(20)17-12-5-3-2-4-11(12)13(18)19/h6-8,11-12H,2-5H2,1H3,(H,18,19)(H2,16,17,20). The van der Waals surface area contributed by atoms with E-state index in [1.807, 2.05) is 13.0 Å². The zero-order chi connectivity index (χ0) is 14.5. The van der Waals surface area contributed by atoms with E-state index >= 15 is 0 Å². The van der Waals surface area contributed by atoms with E-state index in [9.17, 15) is 9.59 Å². The summed E-state index contributed by atoms with van der Waals surface area (Å²) in [7, 11) is 0. The Balaban J connectivity index is 1.94. The molecule has 1 aliphatic carbocycles. The van der Waals surface area contributed by atoms with Gasteiger partial charge in [0.2, 0.25) is 0 Å². The number of carboxylic acids is 1. The average molecular weight is 277 g/mol. The maximum atomic E-state index is 11.9. The summed E-state index contributed by atoms with van der Waals surface area (Å²) in [4.78, 5) is 27.1. The van der Waals surface area contributed by atoms with E-state index in [2.05, 4.69) is 15.6 Å².